The highest BCUT2D eigenvalue weighted by molar-refractivity contribution is 9.11. The third-order valence-electron chi connectivity index (χ3n) is 2.89. The van der Waals surface area contributed by atoms with Crippen LogP contribution in [-0.2, 0) is 4.79 Å². The summed E-state index contributed by atoms with van der Waals surface area (Å²) >= 11 is 6.83. The second-order valence-electron chi connectivity index (χ2n) is 4.07. The van der Waals surface area contributed by atoms with E-state index in [4.69, 9.17) is 5.73 Å². The Labute approximate surface area is 117 Å². The molecule has 1 atom stereocenters. The molecule has 92 valence electrons. The van der Waals surface area contributed by atoms with Gasteiger partial charge in [0.25, 0.3) is 0 Å². The molecule has 2 N–H and O–H groups in total. The molecular weight excluding hydrogens is 350 g/mol. The Morgan fingerprint density at radius 1 is 1.47 bits per heavy atom. The lowest BCUT2D eigenvalue weighted by molar-refractivity contribution is -0.119. The molecule has 2 heterocycles. The number of piperidine rings is 1. The van der Waals surface area contributed by atoms with Gasteiger partial charge < -0.3 is 10.6 Å². The lowest BCUT2D eigenvalue weighted by atomic mass is 10.0. The Kier molecular flexibility index (Phi) is 4.04. The number of anilines is 1. The fourth-order valence-electron chi connectivity index (χ4n) is 2.10. The van der Waals surface area contributed by atoms with Gasteiger partial charge in [-0.05, 0) is 57.2 Å². The van der Waals surface area contributed by atoms with Gasteiger partial charge in [0.1, 0.15) is 11.9 Å². The Bertz CT molecular complexity index is 439. The lowest BCUT2D eigenvalue weighted by Gasteiger charge is -2.35. The number of rotatable bonds is 2. The number of carbonyl (C=O) groups is 1. The molecule has 1 fully saturated rings. The van der Waals surface area contributed by atoms with E-state index in [9.17, 15) is 4.79 Å². The van der Waals surface area contributed by atoms with Gasteiger partial charge in [-0.25, -0.2) is 4.98 Å². The van der Waals surface area contributed by atoms with E-state index in [1.54, 1.807) is 6.20 Å². The number of nitrogens with zero attached hydrogens (tertiary/aromatic N) is 2. The van der Waals surface area contributed by atoms with Crippen LogP contribution in [0.1, 0.15) is 19.3 Å². The van der Waals surface area contributed by atoms with E-state index in [1.807, 2.05) is 11.0 Å². The van der Waals surface area contributed by atoms with Crippen LogP contribution in [0, 0.1) is 0 Å². The van der Waals surface area contributed by atoms with Crippen LogP contribution in [0.5, 0.6) is 0 Å². The lowest BCUT2D eigenvalue weighted by Crippen LogP contribution is -2.48. The van der Waals surface area contributed by atoms with E-state index < -0.39 is 0 Å². The molecule has 0 spiro atoms. The molecule has 0 saturated carbocycles. The summed E-state index contributed by atoms with van der Waals surface area (Å²) in [4.78, 5) is 17.8. The van der Waals surface area contributed by atoms with Crippen molar-refractivity contribution < 1.29 is 4.79 Å². The Balaban J connectivity index is 2.32. The maximum absolute atomic E-state index is 11.4. The van der Waals surface area contributed by atoms with Crippen LogP contribution >= 0.6 is 31.9 Å². The van der Waals surface area contributed by atoms with Crippen LogP contribution in [0.4, 0.5) is 5.82 Å². The smallest absolute Gasteiger partial charge is 0.240 e. The molecule has 4 nitrogen and oxygen atoms in total. The number of pyridine rings is 1. The van der Waals surface area contributed by atoms with E-state index >= 15 is 0 Å². The number of aromatic nitrogens is 1. The highest BCUT2D eigenvalue weighted by Gasteiger charge is 2.29. The van der Waals surface area contributed by atoms with Crippen molar-refractivity contribution in [3.8, 4) is 0 Å². The van der Waals surface area contributed by atoms with Crippen LogP contribution < -0.4 is 10.6 Å². The van der Waals surface area contributed by atoms with Crippen molar-refractivity contribution in [3.05, 3.63) is 21.2 Å². The fraction of sp³-hybridized carbons (Fsp3) is 0.455. The molecule has 17 heavy (non-hydrogen) atoms. The zero-order chi connectivity index (χ0) is 12.4. The normalized spacial score (nSPS) is 20.4. The first-order valence-electron chi connectivity index (χ1n) is 5.46. The number of nitrogens with two attached hydrogens (primary N) is 1. The van der Waals surface area contributed by atoms with Gasteiger partial charge >= 0.3 is 0 Å². The van der Waals surface area contributed by atoms with E-state index in [0.29, 0.717) is 0 Å². The first-order valence-corrected chi connectivity index (χ1v) is 7.05. The van der Waals surface area contributed by atoms with Crippen molar-refractivity contribution >= 4 is 43.6 Å². The summed E-state index contributed by atoms with van der Waals surface area (Å²) in [5, 5.41) is 0. The first kappa shape index (κ1) is 12.8. The van der Waals surface area contributed by atoms with Crippen LogP contribution in [-0.4, -0.2) is 23.5 Å². The molecule has 2 rings (SSSR count). The van der Waals surface area contributed by atoms with Gasteiger partial charge in [0, 0.05) is 17.2 Å². The summed E-state index contributed by atoms with van der Waals surface area (Å²) in [6.07, 6.45) is 4.64. The second-order valence-corrected chi connectivity index (χ2v) is 5.84. The Hall–Kier alpha value is -0.620. The van der Waals surface area contributed by atoms with Gasteiger partial charge in [0.2, 0.25) is 5.91 Å². The van der Waals surface area contributed by atoms with Crippen molar-refractivity contribution in [3.63, 3.8) is 0 Å². The number of hydrogen-bond donors (Lipinski definition) is 1. The molecule has 1 aromatic heterocycles. The summed E-state index contributed by atoms with van der Waals surface area (Å²) in [5.74, 6) is 0.512. The molecule has 6 heteroatoms. The van der Waals surface area contributed by atoms with Gasteiger partial charge in [-0.2, -0.15) is 0 Å². The number of halogens is 2. The molecule has 0 radical (unpaired) electrons. The summed E-state index contributed by atoms with van der Waals surface area (Å²) in [7, 11) is 0. The van der Waals surface area contributed by atoms with E-state index in [2.05, 4.69) is 36.8 Å². The van der Waals surface area contributed by atoms with E-state index in [1.165, 1.54) is 0 Å². The minimum Gasteiger partial charge on any atom is -0.368 e. The minimum atomic E-state index is -0.277. The highest BCUT2D eigenvalue weighted by atomic mass is 79.9. The molecule has 0 aliphatic carbocycles. The molecule has 1 unspecified atom stereocenters. The molecule has 0 bridgehead atoms. The van der Waals surface area contributed by atoms with Gasteiger partial charge in [0.05, 0.1) is 4.47 Å². The second kappa shape index (κ2) is 5.35. The van der Waals surface area contributed by atoms with Gasteiger partial charge in [-0.15, -0.1) is 0 Å². The number of hydrogen-bond acceptors (Lipinski definition) is 3. The van der Waals surface area contributed by atoms with Gasteiger partial charge in [-0.3, -0.25) is 4.79 Å². The topological polar surface area (TPSA) is 59.2 Å². The van der Waals surface area contributed by atoms with Crippen LogP contribution in [0.2, 0.25) is 0 Å². The maximum atomic E-state index is 11.4. The SMILES string of the molecule is NC(=O)C1CCCCN1c1ncc(Br)cc1Br. The van der Waals surface area contributed by atoms with Crippen molar-refractivity contribution in [2.45, 2.75) is 25.3 Å². The predicted molar refractivity (Wildman–Crippen MR) is 73.8 cm³/mol. The van der Waals surface area contributed by atoms with E-state index in [0.717, 1.165) is 40.6 Å². The third kappa shape index (κ3) is 2.80. The maximum Gasteiger partial charge on any atom is 0.240 e. The predicted octanol–water partition coefficient (Wildman–Crippen LogP) is 2.45. The van der Waals surface area contributed by atoms with E-state index in [-0.39, 0.29) is 11.9 Å². The summed E-state index contributed by atoms with van der Waals surface area (Å²) < 4.78 is 1.78. The molecule has 0 aromatic carbocycles. The number of carbonyl (C=O) groups excluding carboxylic acids is 1. The quantitative estimate of drug-likeness (QED) is 0.879. The standard InChI is InChI=1S/C11H13Br2N3O/c12-7-5-8(13)11(15-6-7)16-4-2-1-3-9(16)10(14)17/h5-6,9H,1-4H2,(H2,14,17). The average molecular weight is 363 g/mol. The Morgan fingerprint density at radius 3 is 2.88 bits per heavy atom. The van der Waals surface area contributed by atoms with Crippen LogP contribution in [0.15, 0.2) is 21.2 Å². The molecule has 1 aliphatic rings. The Morgan fingerprint density at radius 2 is 2.24 bits per heavy atom. The summed E-state index contributed by atoms with van der Waals surface area (Å²) in [6, 6.07) is 1.68. The van der Waals surface area contributed by atoms with Gasteiger partial charge in [0.15, 0.2) is 0 Å². The monoisotopic (exact) mass is 361 g/mol. The molecular formula is C11H13Br2N3O. The summed E-state index contributed by atoms with van der Waals surface area (Å²) in [5.41, 5.74) is 5.44. The summed E-state index contributed by atoms with van der Waals surface area (Å²) in [6.45, 7) is 0.820. The third-order valence-corrected chi connectivity index (χ3v) is 3.91. The number of primary amides is 1. The number of amides is 1. The average Bonchev–Trinajstić information content (AvgIpc) is 2.29. The van der Waals surface area contributed by atoms with Crippen molar-refractivity contribution in [1.82, 2.24) is 4.98 Å². The zero-order valence-electron chi connectivity index (χ0n) is 9.20. The molecule has 1 saturated heterocycles. The first-order chi connectivity index (χ1) is 8.09. The molecule has 1 amide bonds. The van der Waals surface area contributed by atoms with Gasteiger partial charge in [-0.1, -0.05) is 0 Å². The zero-order valence-corrected chi connectivity index (χ0v) is 12.4. The largest absolute Gasteiger partial charge is 0.368 e. The minimum absolute atomic E-state index is 0.242. The van der Waals surface area contributed by atoms with Crippen LogP contribution in [0.25, 0.3) is 0 Å². The van der Waals surface area contributed by atoms with Crippen molar-refractivity contribution in [1.29, 1.82) is 0 Å². The highest BCUT2D eigenvalue weighted by Crippen LogP contribution is 2.31. The van der Waals surface area contributed by atoms with Crippen molar-refractivity contribution in [2.75, 3.05) is 11.4 Å². The van der Waals surface area contributed by atoms with Crippen molar-refractivity contribution in [2.24, 2.45) is 5.73 Å². The fourth-order valence-corrected chi connectivity index (χ4v) is 3.31. The molecule has 1 aromatic rings. The molecule has 1 aliphatic heterocycles. The van der Waals surface area contributed by atoms with Crippen LogP contribution in [0.3, 0.4) is 0 Å².